The quantitative estimate of drug-likeness (QED) is 0.312. The Balaban J connectivity index is 1.62. The molecule has 3 heterocycles. The van der Waals surface area contributed by atoms with Crippen molar-refractivity contribution in [2.75, 3.05) is 13.2 Å². The molecule has 1 unspecified atom stereocenters. The predicted molar refractivity (Wildman–Crippen MR) is 135 cm³/mol. The molecule has 2 amide bonds. The predicted octanol–water partition coefficient (Wildman–Crippen LogP) is 3.09. The van der Waals surface area contributed by atoms with Gasteiger partial charge in [0, 0.05) is 23.6 Å². The fourth-order valence-electron chi connectivity index (χ4n) is 4.65. The van der Waals surface area contributed by atoms with E-state index < -0.39 is 47.1 Å². The van der Waals surface area contributed by atoms with Crippen molar-refractivity contribution in [2.24, 2.45) is 12.8 Å². The van der Waals surface area contributed by atoms with Gasteiger partial charge in [-0.2, -0.15) is 18.3 Å². The maximum Gasteiger partial charge on any atom is 0.424 e. The Morgan fingerprint density at radius 3 is 2.50 bits per heavy atom. The monoisotopic (exact) mass is 557 g/mol. The number of nitrogens with one attached hydrogen (secondary N) is 1. The molecule has 0 radical (unpaired) electrons. The van der Waals surface area contributed by atoms with Crippen molar-refractivity contribution in [3.63, 3.8) is 0 Å². The standard InChI is InChI=1S/C27H23F4N5O4/c1-25(24(32)38)13-40-22-17(25)11-19(34-20(22)14-7-9-15(28)10-8-14)26(39,27(29,30)31)12-33-23(37)21-16-5-3-4-6-18(16)35-36(21)2/h3-11,39H,12-13H2,1-2H3,(H2,32,38)(H,33,37)/t25-,26?/m0/s1. The van der Waals surface area contributed by atoms with Crippen molar-refractivity contribution in [2.45, 2.75) is 24.1 Å². The molecule has 2 atom stereocenters. The van der Waals surface area contributed by atoms with E-state index in [1.54, 1.807) is 24.3 Å². The number of benzene rings is 2. The van der Waals surface area contributed by atoms with Crippen molar-refractivity contribution in [1.82, 2.24) is 20.1 Å². The zero-order valence-corrected chi connectivity index (χ0v) is 21.2. The summed E-state index contributed by atoms with van der Waals surface area (Å²) in [6, 6.07) is 12.2. The average molecular weight is 558 g/mol. The van der Waals surface area contributed by atoms with Crippen molar-refractivity contribution in [1.29, 1.82) is 0 Å². The fraction of sp³-hybridized carbons (Fsp3) is 0.259. The van der Waals surface area contributed by atoms with Crippen LogP contribution in [0, 0.1) is 5.82 Å². The highest BCUT2D eigenvalue weighted by Gasteiger charge is 2.57. The second kappa shape index (κ2) is 9.30. The number of ether oxygens (including phenoxy) is 1. The highest BCUT2D eigenvalue weighted by molar-refractivity contribution is 6.05. The highest BCUT2D eigenvalue weighted by Crippen LogP contribution is 2.47. The number of hydrogen-bond donors (Lipinski definition) is 3. The number of fused-ring (bicyclic) bond motifs is 2. The maximum atomic E-state index is 14.6. The molecule has 0 aliphatic carbocycles. The van der Waals surface area contributed by atoms with Gasteiger partial charge < -0.3 is 20.9 Å². The van der Waals surface area contributed by atoms with Crippen LogP contribution in [0.25, 0.3) is 22.2 Å². The molecular weight excluding hydrogens is 534 g/mol. The third-order valence-corrected chi connectivity index (χ3v) is 7.09. The number of alkyl halides is 3. The van der Waals surface area contributed by atoms with Crippen LogP contribution in [-0.4, -0.2) is 51.0 Å². The van der Waals surface area contributed by atoms with Gasteiger partial charge in [0.15, 0.2) is 0 Å². The Hall–Kier alpha value is -4.52. The lowest BCUT2D eigenvalue weighted by atomic mass is 9.81. The second-order valence-electron chi connectivity index (χ2n) is 9.75. The Kier molecular flexibility index (Phi) is 6.29. The molecule has 0 saturated carbocycles. The van der Waals surface area contributed by atoms with E-state index in [1.165, 1.54) is 30.8 Å². The number of carbonyl (C=O) groups is 2. The van der Waals surface area contributed by atoms with Crippen molar-refractivity contribution in [3.05, 3.63) is 77.4 Å². The first-order chi connectivity index (χ1) is 18.8. The molecule has 1 aliphatic rings. The number of halogens is 4. The number of rotatable bonds is 6. The Morgan fingerprint density at radius 2 is 1.85 bits per heavy atom. The molecule has 5 rings (SSSR count). The van der Waals surface area contributed by atoms with Crippen LogP contribution in [0.4, 0.5) is 17.6 Å². The number of nitrogens with zero attached hydrogens (tertiary/aromatic N) is 3. The molecule has 0 fully saturated rings. The summed E-state index contributed by atoms with van der Waals surface area (Å²) in [7, 11) is 1.46. The Bertz CT molecular complexity index is 1650. The summed E-state index contributed by atoms with van der Waals surface area (Å²) in [6.45, 7) is -0.218. The number of primary amides is 1. The van der Waals surface area contributed by atoms with Crippen LogP contribution < -0.4 is 15.8 Å². The normalized spacial score (nSPS) is 18.2. The van der Waals surface area contributed by atoms with Gasteiger partial charge in [0.25, 0.3) is 5.91 Å². The first kappa shape index (κ1) is 27.1. The molecule has 9 nitrogen and oxygen atoms in total. The van der Waals surface area contributed by atoms with E-state index in [4.69, 9.17) is 10.5 Å². The Labute approximate surface area is 224 Å². The van der Waals surface area contributed by atoms with E-state index in [9.17, 15) is 32.3 Å². The minimum atomic E-state index is -5.33. The van der Waals surface area contributed by atoms with E-state index in [0.717, 1.165) is 18.2 Å². The molecule has 4 aromatic rings. The molecule has 13 heteroatoms. The largest absolute Gasteiger partial charge is 0.489 e. The third kappa shape index (κ3) is 4.22. The van der Waals surface area contributed by atoms with Crippen LogP contribution in [0.3, 0.4) is 0 Å². The Morgan fingerprint density at radius 1 is 1.18 bits per heavy atom. The van der Waals surface area contributed by atoms with Crippen LogP contribution in [-0.2, 0) is 22.9 Å². The van der Waals surface area contributed by atoms with Gasteiger partial charge in [-0.25, -0.2) is 9.37 Å². The minimum absolute atomic E-state index is 0.0104. The minimum Gasteiger partial charge on any atom is -0.489 e. The highest BCUT2D eigenvalue weighted by atomic mass is 19.4. The summed E-state index contributed by atoms with van der Waals surface area (Å²) < 4.78 is 64.2. The van der Waals surface area contributed by atoms with Gasteiger partial charge in [0.1, 0.15) is 35.0 Å². The first-order valence-electron chi connectivity index (χ1n) is 12.0. The number of aromatic nitrogens is 3. The van der Waals surface area contributed by atoms with Crippen LogP contribution >= 0.6 is 0 Å². The van der Waals surface area contributed by atoms with Crippen LogP contribution in [0.2, 0.25) is 0 Å². The zero-order valence-electron chi connectivity index (χ0n) is 21.2. The number of hydrogen-bond acceptors (Lipinski definition) is 6. The van der Waals surface area contributed by atoms with Crippen molar-refractivity contribution < 1.29 is 37.0 Å². The third-order valence-electron chi connectivity index (χ3n) is 7.09. The van der Waals surface area contributed by atoms with Crippen LogP contribution in [0.5, 0.6) is 5.75 Å². The molecule has 2 aromatic carbocycles. The van der Waals surface area contributed by atoms with Gasteiger partial charge in [-0.05, 0) is 43.3 Å². The van der Waals surface area contributed by atoms with Crippen molar-refractivity contribution >= 4 is 22.7 Å². The number of pyridine rings is 1. The summed E-state index contributed by atoms with van der Waals surface area (Å²) in [5.74, 6) is -2.41. The summed E-state index contributed by atoms with van der Waals surface area (Å²) in [5.41, 5.74) is -0.174. The van der Waals surface area contributed by atoms with E-state index in [0.29, 0.717) is 10.9 Å². The lowest BCUT2D eigenvalue weighted by Crippen LogP contribution is -2.52. The topological polar surface area (TPSA) is 132 Å². The van der Waals surface area contributed by atoms with E-state index in [2.05, 4.69) is 15.4 Å². The molecule has 208 valence electrons. The summed E-state index contributed by atoms with van der Waals surface area (Å²) in [6.07, 6.45) is -5.33. The molecule has 4 N–H and O–H groups in total. The zero-order chi connectivity index (χ0) is 29.0. The lowest BCUT2D eigenvalue weighted by Gasteiger charge is -2.31. The van der Waals surface area contributed by atoms with Gasteiger partial charge in [-0.15, -0.1) is 0 Å². The number of carbonyl (C=O) groups excluding carboxylic acids is 2. The number of nitrogens with two attached hydrogens (primary N) is 1. The van der Waals surface area contributed by atoms with E-state index in [-0.39, 0.29) is 34.9 Å². The van der Waals surface area contributed by atoms with Gasteiger partial charge in [0.2, 0.25) is 11.5 Å². The maximum absolute atomic E-state index is 14.6. The van der Waals surface area contributed by atoms with Crippen LogP contribution in [0.1, 0.15) is 28.7 Å². The molecule has 40 heavy (non-hydrogen) atoms. The van der Waals surface area contributed by atoms with Gasteiger partial charge in [-0.3, -0.25) is 14.3 Å². The number of aliphatic hydroxyl groups is 1. The molecule has 2 aromatic heterocycles. The average Bonchev–Trinajstić information content (AvgIpc) is 3.43. The van der Waals surface area contributed by atoms with Crippen LogP contribution in [0.15, 0.2) is 54.6 Å². The van der Waals surface area contributed by atoms with Gasteiger partial charge >= 0.3 is 6.18 Å². The number of aryl methyl sites for hydroxylation is 1. The van der Waals surface area contributed by atoms with Gasteiger partial charge in [-0.1, -0.05) is 18.2 Å². The molecular formula is C27H23F4N5O4. The summed E-state index contributed by atoms with van der Waals surface area (Å²) in [5, 5.41) is 17.9. The van der Waals surface area contributed by atoms with Crippen molar-refractivity contribution in [3.8, 4) is 17.0 Å². The fourth-order valence-corrected chi connectivity index (χ4v) is 4.65. The summed E-state index contributed by atoms with van der Waals surface area (Å²) in [4.78, 5) is 29.5. The SMILES string of the molecule is Cn1nc2ccccc2c1C(=O)NCC(O)(c1cc2c(c(-c3ccc(F)cc3)n1)OC[C@]2(C)C(N)=O)C(F)(F)F. The van der Waals surface area contributed by atoms with Gasteiger partial charge in [0.05, 0.1) is 17.8 Å². The van der Waals surface area contributed by atoms with E-state index in [1.807, 2.05) is 0 Å². The lowest BCUT2D eigenvalue weighted by molar-refractivity contribution is -0.265. The van der Waals surface area contributed by atoms with E-state index >= 15 is 0 Å². The second-order valence-corrected chi connectivity index (χ2v) is 9.75. The number of amides is 2. The smallest absolute Gasteiger partial charge is 0.424 e. The molecule has 0 spiro atoms. The molecule has 0 saturated heterocycles. The molecule has 0 bridgehead atoms. The summed E-state index contributed by atoms with van der Waals surface area (Å²) >= 11 is 0. The first-order valence-corrected chi connectivity index (χ1v) is 12.0. The molecule has 1 aliphatic heterocycles.